The Morgan fingerprint density at radius 2 is 1.62 bits per heavy atom. The highest BCUT2D eigenvalue weighted by atomic mass is 32.2. The van der Waals surface area contributed by atoms with Crippen molar-refractivity contribution in [2.75, 3.05) is 17.1 Å². The Hall–Kier alpha value is -3.08. The van der Waals surface area contributed by atoms with Crippen LogP contribution in [0.4, 0.5) is 18.9 Å². The van der Waals surface area contributed by atoms with Crippen molar-refractivity contribution in [2.45, 2.75) is 45.8 Å². The van der Waals surface area contributed by atoms with Gasteiger partial charge in [-0.3, -0.25) is 13.9 Å². The number of carbonyl (C=O) groups excluding carboxylic acids is 2. The van der Waals surface area contributed by atoms with E-state index in [1.54, 1.807) is 20.8 Å². The van der Waals surface area contributed by atoms with Gasteiger partial charge >= 0.3 is 0 Å². The van der Waals surface area contributed by atoms with E-state index in [9.17, 15) is 31.2 Å². The second-order valence-electron chi connectivity index (χ2n) is 8.10. The molecular formula is C23H28F3N3O4S. The molecule has 0 aromatic heterocycles. The molecule has 0 heterocycles. The number of nitrogens with one attached hydrogen (secondary N) is 1. The third-order valence-electron chi connectivity index (χ3n) is 4.95. The summed E-state index contributed by atoms with van der Waals surface area (Å²) in [6.45, 7) is 4.35. The van der Waals surface area contributed by atoms with Gasteiger partial charge in [-0.05, 0) is 50.1 Å². The largest absolute Gasteiger partial charge is 0.352 e. The number of hydrogen-bond donors (Lipinski definition) is 1. The molecule has 0 fully saturated rings. The summed E-state index contributed by atoms with van der Waals surface area (Å²) in [5.74, 6) is -4.10. The van der Waals surface area contributed by atoms with Crippen LogP contribution in [0.15, 0.2) is 42.5 Å². The standard InChI is InChI=1S/C23H28F3N3O4S/c1-5-21(23(31)27-15(2)3)28(13-16-6-8-17(24)9-7-16)22(30)14-29(34(4,32)33)18-10-11-19(25)20(26)12-18/h6-12,15,21H,5,13-14H2,1-4H3,(H,27,31). The molecule has 0 radical (unpaired) electrons. The lowest BCUT2D eigenvalue weighted by Gasteiger charge is -2.33. The molecule has 0 aliphatic heterocycles. The second-order valence-corrected chi connectivity index (χ2v) is 10.0. The van der Waals surface area contributed by atoms with Gasteiger partial charge in [-0.2, -0.15) is 0 Å². The quantitative estimate of drug-likeness (QED) is 0.544. The van der Waals surface area contributed by atoms with Gasteiger partial charge in [0.2, 0.25) is 21.8 Å². The maximum absolute atomic E-state index is 13.8. The zero-order valence-electron chi connectivity index (χ0n) is 19.4. The maximum Gasteiger partial charge on any atom is 0.244 e. The van der Waals surface area contributed by atoms with E-state index < -0.39 is 51.9 Å². The van der Waals surface area contributed by atoms with Crippen LogP contribution >= 0.6 is 0 Å². The summed E-state index contributed by atoms with van der Waals surface area (Å²) < 4.78 is 66.0. The molecule has 2 amide bonds. The normalized spacial score (nSPS) is 12.4. The monoisotopic (exact) mass is 499 g/mol. The van der Waals surface area contributed by atoms with Crippen LogP contribution in [0.25, 0.3) is 0 Å². The fourth-order valence-electron chi connectivity index (χ4n) is 3.34. The highest BCUT2D eigenvalue weighted by Crippen LogP contribution is 2.22. The van der Waals surface area contributed by atoms with Gasteiger partial charge in [0.1, 0.15) is 18.4 Å². The van der Waals surface area contributed by atoms with Crippen LogP contribution in [0, 0.1) is 17.5 Å². The first-order valence-corrected chi connectivity index (χ1v) is 12.4. The van der Waals surface area contributed by atoms with E-state index in [1.807, 2.05) is 0 Å². The molecule has 0 aliphatic carbocycles. The smallest absolute Gasteiger partial charge is 0.244 e. The molecule has 0 spiro atoms. The van der Waals surface area contributed by atoms with Gasteiger partial charge in [-0.1, -0.05) is 19.1 Å². The molecule has 1 unspecified atom stereocenters. The molecule has 0 saturated heterocycles. The fourth-order valence-corrected chi connectivity index (χ4v) is 4.18. The minimum atomic E-state index is -4.08. The summed E-state index contributed by atoms with van der Waals surface area (Å²) in [6, 6.07) is 6.63. The van der Waals surface area contributed by atoms with Crippen molar-refractivity contribution >= 4 is 27.5 Å². The molecule has 1 N–H and O–H groups in total. The van der Waals surface area contributed by atoms with E-state index in [1.165, 1.54) is 29.2 Å². The average Bonchev–Trinajstić information content (AvgIpc) is 2.74. The molecular weight excluding hydrogens is 471 g/mol. The van der Waals surface area contributed by atoms with Gasteiger partial charge in [-0.25, -0.2) is 21.6 Å². The predicted molar refractivity (Wildman–Crippen MR) is 123 cm³/mol. The predicted octanol–water partition coefficient (Wildman–Crippen LogP) is 3.20. The van der Waals surface area contributed by atoms with Gasteiger partial charge in [0.15, 0.2) is 11.6 Å². The summed E-state index contributed by atoms with van der Waals surface area (Å²) in [4.78, 5) is 27.4. The highest BCUT2D eigenvalue weighted by molar-refractivity contribution is 7.92. The first-order valence-electron chi connectivity index (χ1n) is 10.6. The number of hydrogen-bond acceptors (Lipinski definition) is 4. The third-order valence-corrected chi connectivity index (χ3v) is 6.09. The number of carbonyl (C=O) groups is 2. The first kappa shape index (κ1) is 27.2. The Morgan fingerprint density at radius 1 is 1.00 bits per heavy atom. The van der Waals surface area contributed by atoms with Crippen molar-refractivity contribution in [2.24, 2.45) is 0 Å². The van der Waals surface area contributed by atoms with Crippen LogP contribution in [-0.4, -0.2) is 50.0 Å². The molecule has 0 saturated carbocycles. The SMILES string of the molecule is CCC(C(=O)NC(C)C)N(Cc1ccc(F)cc1)C(=O)CN(c1ccc(F)c(F)c1)S(C)(=O)=O. The van der Waals surface area contributed by atoms with Gasteiger partial charge < -0.3 is 10.2 Å². The second kappa shape index (κ2) is 11.4. The molecule has 34 heavy (non-hydrogen) atoms. The molecule has 11 heteroatoms. The molecule has 2 aromatic carbocycles. The van der Waals surface area contributed by atoms with Crippen molar-refractivity contribution in [3.05, 3.63) is 65.5 Å². The Balaban J connectivity index is 2.45. The summed E-state index contributed by atoms with van der Waals surface area (Å²) >= 11 is 0. The van der Waals surface area contributed by atoms with E-state index in [2.05, 4.69) is 5.32 Å². The van der Waals surface area contributed by atoms with Gasteiger partial charge in [0.25, 0.3) is 0 Å². The van der Waals surface area contributed by atoms with Crippen LogP contribution < -0.4 is 9.62 Å². The van der Waals surface area contributed by atoms with Crippen LogP contribution in [0.2, 0.25) is 0 Å². The van der Waals surface area contributed by atoms with Crippen molar-refractivity contribution < 1.29 is 31.2 Å². The van der Waals surface area contributed by atoms with Gasteiger partial charge in [-0.15, -0.1) is 0 Å². The van der Waals surface area contributed by atoms with Crippen LogP contribution in [-0.2, 0) is 26.2 Å². The lowest BCUT2D eigenvalue weighted by Crippen LogP contribution is -2.53. The summed E-state index contributed by atoms with van der Waals surface area (Å²) in [6.07, 6.45) is 1.05. The number of halogens is 3. The Morgan fingerprint density at radius 3 is 2.12 bits per heavy atom. The molecule has 2 rings (SSSR count). The first-order chi connectivity index (χ1) is 15.8. The van der Waals surface area contributed by atoms with Crippen LogP contribution in [0.3, 0.4) is 0 Å². The Bertz CT molecular complexity index is 1120. The lowest BCUT2D eigenvalue weighted by molar-refractivity contribution is -0.140. The zero-order chi connectivity index (χ0) is 25.6. The number of sulfonamides is 1. The third kappa shape index (κ3) is 7.21. The van der Waals surface area contributed by atoms with Gasteiger partial charge in [0, 0.05) is 18.7 Å². The van der Waals surface area contributed by atoms with Crippen molar-refractivity contribution in [3.8, 4) is 0 Å². The van der Waals surface area contributed by atoms with Crippen molar-refractivity contribution in [3.63, 3.8) is 0 Å². The Kier molecular flexibility index (Phi) is 9.08. The lowest BCUT2D eigenvalue weighted by atomic mass is 10.1. The number of rotatable bonds is 10. The van der Waals surface area contributed by atoms with Crippen molar-refractivity contribution in [1.82, 2.24) is 10.2 Å². The molecule has 7 nitrogen and oxygen atoms in total. The van der Waals surface area contributed by atoms with E-state index in [4.69, 9.17) is 0 Å². The Labute approximate surface area is 197 Å². The van der Waals surface area contributed by atoms with E-state index in [-0.39, 0.29) is 24.7 Å². The van der Waals surface area contributed by atoms with E-state index >= 15 is 0 Å². The van der Waals surface area contributed by atoms with Crippen LogP contribution in [0.5, 0.6) is 0 Å². The average molecular weight is 500 g/mol. The van der Waals surface area contributed by atoms with E-state index in [0.29, 0.717) is 15.9 Å². The zero-order valence-corrected chi connectivity index (χ0v) is 20.2. The molecule has 186 valence electrons. The topological polar surface area (TPSA) is 86.8 Å². The number of amides is 2. The number of benzene rings is 2. The van der Waals surface area contributed by atoms with Crippen LogP contribution in [0.1, 0.15) is 32.8 Å². The molecule has 2 aromatic rings. The minimum Gasteiger partial charge on any atom is -0.352 e. The number of nitrogens with zero attached hydrogens (tertiary/aromatic N) is 2. The minimum absolute atomic E-state index is 0.0987. The highest BCUT2D eigenvalue weighted by Gasteiger charge is 2.32. The number of anilines is 1. The van der Waals surface area contributed by atoms with Crippen molar-refractivity contribution in [1.29, 1.82) is 0 Å². The van der Waals surface area contributed by atoms with Gasteiger partial charge in [0.05, 0.1) is 11.9 Å². The fraction of sp³-hybridized carbons (Fsp3) is 0.391. The molecule has 0 bridgehead atoms. The summed E-state index contributed by atoms with van der Waals surface area (Å²) in [5, 5.41) is 2.74. The molecule has 0 aliphatic rings. The molecule has 1 atom stereocenters. The van der Waals surface area contributed by atoms with E-state index in [0.717, 1.165) is 18.4 Å². The summed E-state index contributed by atoms with van der Waals surface area (Å²) in [7, 11) is -4.08. The summed E-state index contributed by atoms with van der Waals surface area (Å²) in [5.41, 5.74) is 0.278. The maximum atomic E-state index is 13.8.